The van der Waals surface area contributed by atoms with E-state index in [2.05, 4.69) is 0 Å². The molecule has 0 saturated heterocycles. The van der Waals surface area contributed by atoms with Gasteiger partial charge in [0.25, 0.3) is 5.56 Å². The molecule has 3 aromatic rings. The number of alkyl halides is 3. The lowest BCUT2D eigenvalue weighted by atomic mass is 10.1. The molecule has 0 aliphatic rings. The van der Waals surface area contributed by atoms with Crippen LogP contribution in [0.15, 0.2) is 53.3 Å². The van der Waals surface area contributed by atoms with Crippen LogP contribution in [-0.2, 0) is 25.7 Å². The zero-order valence-electron chi connectivity index (χ0n) is 16.6. The molecule has 0 amide bonds. The normalized spacial score (nSPS) is 11.5. The predicted molar refractivity (Wildman–Crippen MR) is 114 cm³/mol. The number of benzene rings is 2. The van der Waals surface area contributed by atoms with Crippen LogP contribution < -0.4 is 10.3 Å². The highest BCUT2D eigenvalue weighted by Gasteiger charge is 2.31. The van der Waals surface area contributed by atoms with Crippen LogP contribution in [0.25, 0.3) is 0 Å². The molecule has 0 bridgehead atoms. The Bertz CT molecular complexity index is 1240. The van der Waals surface area contributed by atoms with Gasteiger partial charge in [0.2, 0.25) is 0 Å². The number of pyridine rings is 1. The number of hydrogen-bond donors (Lipinski definition) is 1. The van der Waals surface area contributed by atoms with E-state index in [-0.39, 0.29) is 34.3 Å². The summed E-state index contributed by atoms with van der Waals surface area (Å²) in [4.78, 5) is 23.6. The lowest BCUT2D eigenvalue weighted by Crippen LogP contribution is -2.26. The summed E-state index contributed by atoms with van der Waals surface area (Å²) >= 11 is 12.1. The van der Waals surface area contributed by atoms with Crippen molar-refractivity contribution in [3.05, 3.63) is 97.1 Å². The second-order valence-electron chi connectivity index (χ2n) is 6.93. The van der Waals surface area contributed by atoms with Crippen molar-refractivity contribution in [3.8, 4) is 5.75 Å². The molecule has 174 valence electrons. The fraction of sp³-hybridized carbons (Fsp3) is 0.182. The van der Waals surface area contributed by atoms with Crippen molar-refractivity contribution in [2.75, 3.05) is 0 Å². The van der Waals surface area contributed by atoms with Crippen LogP contribution in [0.3, 0.4) is 0 Å². The van der Waals surface area contributed by atoms with E-state index < -0.39 is 41.4 Å². The van der Waals surface area contributed by atoms with Crippen molar-refractivity contribution >= 4 is 29.2 Å². The molecular weight excluding hydrogens is 489 g/mol. The van der Waals surface area contributed by atoms with Crippen LogP contribution in [0.1, 0.15) is 27.2 Å². The van der Waals surface area contributed by atoms with Crippen LogP contribution in [0.4, 0.5) is 17.6 Å². The number of aromatic carboxylic acids is 1. The van der Waals surface area contributed by atoms with E-state index in [1.807, 2.05) is 0 Å². The summed E-state index contributed by atoms with van der Waals surface area (Å²) in [6, 6.07) is 8.89. The fourth-order valence-corrected chi connectivity index (χ4v) is 3.54. The Labute approximate surface area is 194 Å². The van der Waals surface area contributed by atoms with Gasteiger partial charge in [-0.1, -0.05) is 35.3 Å². The summed E-state index contributed by atoms with van der Waals surface area (Å²) in [5.74, 6) is -2.75. The Balaban J connectivity index is 1.86. The second-order valence-corrected chi connectivity index (χ2v) is 7.74. The van der Waals surface area contributed by atoms with E-state index in [4.69, 9.17) is 33.0 Å². The number of halogens is 6. The number of rotatable bonds is 7. The van der Waals surface area contributed by atoms with E-state index in [0.717, 1.165) is 0 Å². The third-order valence-corrected chi connectivity index (χ3v) is 5.35. The number of hydrogen-bond acceptors (Lipinski definition) is 3. The summed E-state index contributed by atoms with van der Waals surface area (Å²) in [5.41, 5.74) is -0.822. The van der Waals surface area contributed by atoms with Gasteiger partial charge in [0.15, 0.2) is 11.6 Å². The van der Waals surface area contributed by atoms with Crippen LogP contribution >= 0.6 is 23.2 Å². The number of carboxylic acids is 1. The molecule has 0 aliphatic carbocycles. The van der Waals surface area contributed by atoms with Gasteiger partial charge in [-0.25, -0.2) is 9.18 Å². The maximum atomic E-state index is 14.0. The Kier molecular flexibility index (Phi) is 7.34. The van der Waals surface area contributed by atoms with E-state index in [1.54, 1.807) is 12.1 Å². The third-order valence-electron chi connectivity index (χ3n) is 4.75. The van der Waals surface area contributed by atoms with Gasteiger partial charge in [0.05, 0.1) is 21.8 Å². The molecule has 0 radical (unpaired) electrons. The fourth-order valence-electron chi connectivity index (χ4n) is 3.01. The first-order valence-corrected chi connectivity index (χ1v) is 10.1. The summed E-state index contributed by atoms with van der Waals surface area (Å²) in [6.45, 7) is -0.448. The topological polar surface area (TPSA) is 68.5 Å². The highest BCUT2D eigenvalue weighted by atomic mass is 35.5. The molecule has 11 heteroatoms. The van der Waals surface area contributed by atoms with E-state index in [1.165, 1.54) is 22.8 Å². The Morgan fingerprint density at radius 1 is 1.03 bits per heavy atom. The quantitative estimate of drug-likeness (QED) is 0.411. The predicted octanol–water partition coefficient (Wildman–Crippen LogP) is 5.83. The highest BCUT2D eigenvalue weighted by Crippen LogP contribution is 2.33. The molecule has 0 fully saturated rings. The molecule has 1 N–H and O–H groups in total. The molecule has 5 nitrogen and oxygen atoms in total. The van der Waals surface area contributed by atoms with E-state index >= 15 is 0 Å². The average molecular weight is 504 g/mol. The molecule has 0 saturated carbocycles. The molecule has 1 aromatic heterocycles. The van der Waals surface area contributed by atoms with Crippen LogP contribution in [0.2, 0.25) is 10.0 Å². The second kappa shape index (κ2) is 9.84. The monoisotopic (exact) mass is 503 g/mol. The van der Waals surface area contributed by atoms with Crippen molar-refractivity contribution < 1.29 is 32.2 Å². The Hall–Kier alpha value is -3.04. The van der Waals surface area contributed by atoms with Crippen molar-refractivity contribution in [3.63, 3.8) is 0 Å². The number of aryl methyl sites for hydroxylation is 1. The summed E-state index contributed by atoms with van der Waals surface area (Å²) < 4.78 is 59.2. The maximum absolute atomic E-state index is 14.0. The molecule has 2 aromatic carbocycles. The van der Waals surface area contributed by atoms with Gasteiger partial charge in [0.1, 0.15) is 11.6 Å². The van der Waals surface area contributed by atoms with Crippen molar-refractivity contribution in [2.24, 2.45) is 0 Å². The van der Waals surface area contributed by atoms with Gasteiger partial charge in [-0.2, -0.15) is 13.2 Å². The lowest BCUT2D eigenvalue weighted by Gasteiger charge is -2.17. The molecule has 3 rings (SSSR count). The van der Waals surface area contributed by atoms with Gasteiger partial charge in [-0.15, -0.1) is 0 Å². The van der Waals surface area contributed by atoms with Crippen molar-refractivity contribution in [1.29, 1.82) is 0 Å². The van der Waals surface area contributed by atoms with Crippen molar-refractivity contribution in [1.82, 2.24) is 4.57 Å². The first-order chi connectivity index (χ1) is 15.5. The number of ether oxygens (including phenoxy) is 1. The number of nitrogens with zero attached hydrogens (tertiary/aromatic N) is 1. The maximum Gasteiger partial charge on any atom is 0.416 e. The van der Waals surface area contributed by atoms with Gasteiger partial charge < -0.3 is 14.4 Å². The third kappa shape index (κ3) is 5.85. The van der Waals surface area contributed by atoms with Crippen LogP contribution in [0, 0.1) is 5.82 Å². The Morgan fingerprint density at radius 3 is 2.30 bits per heavy atom. The first-order valence-electron chi connectivity index (χ1n) is 9.37. The molecule has 1 heterocycles. The Morgan fingerprint density at radius 2 is 1.70 bits per heavy atom. The zero-order chi connectivity index (χ0) is 24.3. The van der Waals surface area contributed by atoms with E-state index in [0.29, 0.717) is 23.8 Å². The van der Waals surface area contributed by atoms with Gasteiger partial charge in [-0.3, -0.25) is 4.79 Å². The minimum atomic E-state index is -4.69. The molecular formula is C22H15Cl2F4NO4. The van der Waals surface area contributed by atoms with Gasteiger partial charge in [0, 0.05) is 6.54 Å². The molecule has 0 spiro atoms. The number of carboxylic acid groups (broad SMARTS) is 1. The summed E-state index contributed by atoms with van der Waals surface area (Å²) in [6.07, 6.45) is -4.41. The van der Waals surface area contributed by atoms with Gasteiger partial charge >= 0.3 is 12.1 Å². The molecule has 0 atom stereocenters. The first kappa shape index (κ1) is 24.6. The number of aromatic nitrogens is 1. The molecule has 0 aliphatic heterocycles. The molecule has 33 heavy (non-hydrogen) atoms. The van der Waals surface area contributed by atoms with Crippen LogP contribution in [0.5, 0.6) is 5.75 Å². The minimum Gasteiger partial charge on any atom is -0.484 e. The minimum absolute atomic E-state index is 0.00760. The SMILES string of the molecule is O=C(O)c1ccc(CCn2c(COc3cc(C(F)(F)F)ccc3F)c(Cl)cc(Cl)c2=O)cc1. The number of carbonyl (C=O) groups is 1. The average Bonchev–Trinajstić information content (AvgIpc) is 2.75. The largest absolute Gasteiger partial charge is 0.484 e. The van der Waals surface area contributed by atoms with Gasteiger partial charge in [-0.05, 0) is 48.4 Å². The van der Waals surface area contributed by atoms with Crippen LogP contribution in [-0.4, -0.2) is 15.6 Å². The summed E-state index contributed by atoms with van der Waals surface area (Å²) in [7, 11) is 0. The smallest absolute Gasteiger partial charge is 0.416 e. The van der Waals surface area contributed by atoms with E-state index in [9.17, 15) is 27.2 Å². The molecule has 0 unspecified atom stereocenters. The standard InChI is InChI=1S/C22H15Cl2F4NO4/c23-15-10-16(24)20(30)29(8-7-12-1-3-13(4-2-12)21(31)32)18(15)11-33-19-9-14(22(26,27)28)5-6-17(19)25/h1-6,9-10H,7-8,11H2,(H,31,32). The lowest BCUT2D eigenvalue weighted by molar-refractivity contribution is -0.137. The summed E-state index contributed by atoms with van der Waals surface area (Å²) in [5, 5.41) is 8.80. The highest BCUT2D eigenvalue weighted by molar-refractivity contribution is 6.34. The van der Waals surface area contributed by atoms with Crippen molar-refractivity contribution in [2.45, 2.75) is 25.7 Å². The zero-order valence-corrected chi connectivity index (χ0v) is 18.1.